The van der Waals surface area contributed by atoms with Crippen LogP contribution in [0.25, 0.3) is 0 Å². The molecular weight excluding hydrogens is 202 g/mol. The minimum atomic E-state index is -0.210. The molecule has 2 atom stereocenters. The molecule has 0 bridgehead atoms. The lowest BCUT2D eigenvalue weighted by Gasteiger charge is -2.18. The Morgan fingerprint density at radius 1 is 1.38 bits per heavy atom. The molecule has 0 aromatic rings. The number of nitrogens with zero attached hydrogens (tertiary/aromatic N) is 1. The standard InChI is InChI=1S/C13H25NO2/c1-10(2)12-8-13(16)14(9-12)7-5-4-6-11(3)15/h10-12,15H,4-9H2,1-3H3. The van der Waals surface area contributed by atoms with Gasteiger partial charge >= 0.3 is 0 Å². The molecule has 0 aromatic carbocycles. The van der Waals surface area contributed by atoms with E-state index in [4.69, 9.17) is 5.11 Å². The van der Waals surface area contributed by atoms with E-state index in [1.54, 1.807) is 0 Å². The van der Waals surface area contributed by atoms with Crippen LogP contribution in [0.4, 0.5) is 0 Å². The van der Waals surface area contributed by atoms with Crippen LogP contribution < -0.4 is 0 Å². The summed E-state index contributed by atoms with van der Waals surface area (Å²) >= 11 is 0. The predicted molar refractivity (Wildman–Crippen MR) is 65.1 cm³/mol. The molecule has 1 amide bonds. The van der Waals surface area contributed by atoms with E-state index in [-0.39, 0.29) is 6.10 Å². The summed E-state index contributed by atoms with van der Waals surface area (Å²) in [6.45, 7) is 8.00. The third-order valence-electron chi connectivity index (χ3n) is 3.49. The van der Waals surface area contributed by atoms with Crippen LogP contribution in [0.3, 0.4) is 0 Å². The van der Waals surface area contributed by atoms with Crippen molar-refractivity contribution in [2.75, 3.05) is 13.1 Å². The van der Waals surface area contributed by atoms with Gasteiger partial charge in [-0.15, -0.1) is 0 Å². The van der Waals surface area contributed by atoms with Crippen molar-refractivity contribution in [2.45, 2.75) is 52.6 Å². The number of likely N-dealkylation sites (tertiary alicyclic amines) is 1. The highest BCUT2D eigenvalue weighted by atomic mass is 16.3. The van der Waals surface area contributed by atoms with Crippen LogP contribution in [0.1, 0.15) is 46.5 Å². The zero-order chi connectivity index (χ0) is 12.1. The minimum Gasteiger partial charge on any atom is -0.393 e. The third-order valence-corrected chi connectivity index (χ3v) is 3.49. The molecule has 1 aliphatic rings. The van der Waals surface area contributed by atoms with Gasteiger partial charge in [0, 0.05) is 19.5 Å². The summed E-state index contributed by atoms with van der Waals surface area (Å²) < 4.78 is 0. The Labute approximate surface area is 98.8 Å². The SMILES string of the molecule is CC(O)CCCCN1CC(C(C)C)CC1=O. The van der Waals surface area contributed by atoms with Crippen molar-refractivity contribution >= 4 is 5.91 Å². The Morgan fingerprint density at radius 2 is 2.06 bits per heavy atom. The highest BCUT2D eigenvalue weighted by Gasteiger charge is 2.30. The molecule has 1 N–H and O–H groups in total. The number of hydrogen-bond acceptors (Lipinski definition) is 2. The molecular formula is C13H25NO2. The fourth-order valence-corrected chi connectivity index (χ4v) is 2.21. The van der Waals surface area contributed by atoms with E-state index in [1.807, 2.05) is 11.8 Å². The van der Waals surface area contributed by atoms with E-state index in [0.29, 0.717) is 17.7 Å². The summed E-state index contributed by atoms with van der Waals surface area (Å²) in [5.74, 6) is 1.46. The van der Waals surface area contributed by atoms with Crippen molar-refractivity contribution in [1.82, 2.24) is 4.90 Å². The molecule has 2 unspecified atom stereocenters. The number of carbonyl (C=O) groups is 1. The van der Waals surface area contributed by atoms with Gasteiger partial charge in [-0.05, 0) is 38.0 Å². The molecule has 0 radical (unpaired) electrons. The lowest BCUT2D eigenvalue weighted by atomic mass is 9.95. The van der Waals surface area contributed by atoms with E-state index < -0.39 is 0 Å². The van der Waals surface area contributed by atoms with Crippen molar-refractivity contribution in [1.29, 1.82) is 0 Å². The van der Waals surface area contributed by atoms with Crippen LogP contribution in [-0.2, 0) is 4.79 Å². The first-order chi connectivity index (χ1) is 7.50. The number of amides is 1. The fraction of sp³-hybridized carbons (Fsp3) is 0.923. The molecule has 94 valence electrons. The quantitative estimate of drug-likeness (QED) is 0.705. The molecule has 1 rings (SSSR count). The molecule has 1 heterocycles. The number of rotatable bonds is 6. The van der Waals surface area contributed by atoms with Gasteiger partial charge in [0.25, 0.3) is 0 Å². The van der Waals surface area contributed by atoms with Gasteiger partial charge < -0.3 is 10.0 Å². The van der Waals surface area contributed by atoms with Crippen molar-refractivity contribution in [3.8, 4) is 0 Å². The fourth-order valence-electron chi connectivity index (χ4n) is 2.21. The van der Waals surface area contributed by atoms with Gasteiger partial charge in [0.05, 0.1) is 6.10 Å². The Kier molecular flexibility index (Phi) is 5.26. The van der Waals surface area contributed by atoms with Gasteiger partial charge in [-0.25, -0.2) is 0 Å². The van der Waals surface area contributed by atoms with Crippen LogP contribution in [0.15, 0.2) is 0 Å². The summed E-state index contributed by atoms with van der Waals surface area (Å²) in [5.41, 5.74) is 0. The number of aliphatic hydroxyl groups is 1. The summed E-state index contributed by atoms with van der Waals surface area (Å²) in [5, 5.41) is 9.13. The number of unbranched alkanes of at least 4 members (excludes halogenated alkanes) is 1. The smallest absolute Gasteiger partial charge is 0.222 e. The zero-order valence-electron chi connectivity index (χ0n) is 10.8. The van der Waals surface area contributed by atoms with Gasteiger partial charge in [-0.2, -0.15) is 0 Å². The van der Waals surface area contributed by atoms with Crippen molar-refractivity contribution < 1.29 is 9.90 Å². The third kappa shape index (κ3) is 4.12. The molecule has 3 heteroatoms. The summed E-state index contributed by atoms with van der Waals surface area (Å²) in [6, 6.07) is 0. The molecule has 1 saturated heterocycles. The van der Waals surface area contributed by atoms with E-state index >= 15 is 0 Å². The van der Waals surface area contributed by atoms with E-state index in [2.05, 4.69) is 13.8 Å². The second kappa shape index (κ2) is 6.24. The topological polar surface area (TPSA) is 40.5 Å². The number of hydrogen-bond donors (Lipinski definition) is 1. The molecule has 0 saturated carbocycles. The minimum absolute atomic E-state index is 0.210. The molecule has 1 fully saturated rings. The normalized spacial score (nSPS) is 23.2. The van der Waals surface area contributed by atoms with E-state index in [9.17, 15) is 4.79 Å². The van der Waals surface area contributed by atoms with Gasteiger partial charge in [-0.3, -0.25) is 4.79 Å². The van der Waals surface area contributed by atoms with Gasteiger partial charge in [0.2, 0.25) is 5.91 Å². The zero-order valence-corrected chi connectivity index (χ0v) is 10.8. The second-order valence-corrected chi connectivity index (χ2v) is 5.39. The maximum atomic E-state index is 11.7. The largest absolute Gasteiger partial charge is 0.393 e. The Balaban J connectivity index is 2.20. The van der Waals surface area contributed by atoms with Gasteiger partial charge in [0.15, 0.2) is 0 Å². The molecule has 0 aliphatic carbocycles. The molecule has 0 spiro atoms. The first-order valence-electron chi connectivity index (χ1n) is 6.46. The Hall–Kier alpha value is -0.570. The van der Waals surface area contributed by atoms with Crippen LogP contribution >= 0.6 is 0 Å². The van der Waals surface area contributed by atoms with Crippen LogP contribution in [0.5, 0.6) is 0 Å². The van der Waals surface area contributed by atoms with E-state index in [1.165, 1.54) is 0 Å². The van der Waals surface area contributed by atoms with Crippen LogP contribution in [0.2, 0.25) is 0 Å². The highest BCUT2D eigenvalue weighted by Crippen LogP contribution is 2.24. The van der Waals surface area contributed by atoms with E-state index in [0.717, 1.165) is 38.8 Å². The molecule has 3 nitrogen and oxygen atoms in total. The van der Waals surface area contributed by atoms with Crippen LogP contribution in [-0.4, -0.2) is 35.1 Å². The Bertz CT molecular complexity index is 226. The maximum Gasteiger partial charge on any atom is 0.222 e. The number of carbonyl (C=O) groups excluding carboxylic acids is 1. The van der Waals surface area contributed by atoms with Crippen molar-refractivity contribution in [2.24, 2.45) is 11.8 Å². The van der Waals surface area contributed by atoms with Crippen molar-refractivity contribution in [3.63, 3.8) is 0 Å². The molecule has 0 aromatic heterocycles. The summed E-state index contributed by atoms with van der Waals surface area (Å²) in [4.78, 5) is 13.7. The number of aliphatic hydroxyl groups excluding tert-OH is 1. The highest BCUT2D eigenvalue weighted by molar-refractivity contribution is 5.78. The monoisotopic (exact) mass is 227 g/mol. The lowest BCUT2D eigenvalue weighted by Crippen LogP contribution is -2.27. The average molecular weight is 227 g/mol. The molecule has 1 aliphatic heterocycles. The Morgan fingerprint density at radius 3 is 2.56 bits per heavy atom. The maximum absolute atomic E-state index is 11.7. The van der Waals surface area contributed by atoms with Gasteiger partial charge in [0.1, 0.15) is 0 Å². The summed E-state index contributed by atoms with van der Waals surface area (Å²) in [6.07, 6.45) is 3.39. The average Bonchev–Trinajstić information content (AvgIpc) is 2.55. The van der Waals surface area contributed by atoms with Gasteiger partial charge in [-0.1, -0.05) is 13.8 Å². The molecule has 16 heavy (non-hydrogen) atoms. The summed E-state index contributed by atoms with van der Waals surface area (Å²) in [7, 11) is 0. The lowest BCUT2D eigenvalue weighted by molar-refractivity contribution is -0.127. The first kappa shape index (κ1) is 13.5. The predicted octanol–water partition coefficient (Wildman–Crippen LogP) is 2.04. The van der Waals surface area contributed by atoms with Crippen LogP contribution in [0, 0.1) is 11.8 Å². The van der Waals surface area contributed by atoms with Crippen molar-refractivity contribution in [3.05, 3.63) is 0 Å². The second-order valence-electron chi connectivity index (χ2n) is 5.39. The first-order valence-corrected chi connectivity index (χ1v) is 6.46.